The third kappa shape index (κ3) is 3.12. The van der Waals surface area contributed by atoms with Gasteiger partial charge in [0.2, 0.25) is 0 Å². The standard InChI is InChI=1S/C21H22N2O2/c1-14-20(21(24)22-16-8-9-16)18-11-10-17(12-19(18)23(14)2)25-13-15-6-4-3-5-7-15/h3-7,10-12,16H,8-9,13H2,1-2H3,(H,22,24). The topological polar surface area (TPSA) is 43.3 Å². The van der Waals surface area contributed by atoms with Gasteiger partial charge in [-0.25, -0.2) is 0 Å². The Morgan fingerprint density at radius 3 is 2.68 bits per heavy atom. The van der Waals surface area contributed by atoms with Gasteiger partial charge in [0.1, 0.15) is 12.4 Å². The lowest BCUT2D eigenvalue weighted by Crippen LogP contribution is -2.25. The summed E-state index contributed by atoms with van der Waals surface area (Å²) in [6.07, 6.45) is 2.18. The van der Waals surface area contributed by atoms with Crippen LogP contribution in [0.3, 0.4) is 0 Å². The number of ether oxygens (including phenoxy) is 1. The summed E-state index contributed by atoms with van der Waals surface area (Å²) >= 11 is 0. The molecule has 1 heterocycles. The highest BCUT2D eigenvalue weighted by atomic mass is 16.5. The molecule has 1 amide bonds. The second-order valence-electron chi connectivity index (χ2n) is 6.72. The highest BCUT2D eigenvalue weighted by molar-refractivity contribution is 6.08. The predicted octanol–water partition coefficient (Wildman–Crippen LogP) is 3.96. The summed E-state index contributed by atoms with van der Waals surface area (Å²) in [6.45, 7) is 2.52. The molecule has 3 aromatic rings. The Bertz CT molecular complexity index is 924. The second-order valence-corrected chi connectivity index (χ2v) is 6.72. The first-order chi connectivity index (χ1) is 12.1. The molecule has 1 fully saturated rings. The molecule has 0 radical (unpaired) electrons. The van der Waals surface area contributed by atoms with E-state index in [-0.39, 0.29) is 5.91 Å². The fourth-order valence-corrected chi connectivity index (χ4v) is 3.15. The van der Waals surface area contributed by atoms with E-state index in [9.17, 15) is 4.79 Å². The molecule has 0 bridgehead atoms. The average molecular weight is 334 g/mol. The molecule has 4 nitrogen and oxygen atoms in total. The Balaban J connectivity index is 1.62. The van der Waals surface area contributed by atoms with Crippen molar-refractivity contribution in [3.63, 3.8) is 0 Å². The van der Waals surface area contributed by atoms with Crippen LogP contribution in [0.1, 0.15) is 34.5 Å². The van der Waals surface area contributed by atoms with Crippen LogP contribution >= 0.6 is 0 Å². The normalized spacial score (nSPS) is 13.8. The first-order valence-electron chi connectivity index (χ1n) is 8.70. The maximum atomic E-state index is 12.6. The minimum Gasteiger partial charge on any atom is -0.489 e. The monoisotopic (exact) mass is 334 g/mol. The summed E-state index contributed by atoms with van der Waals surface area (Å²) in [5.74, 6) is 0.842. The smallest absolute Gasteiger partial charge is 0.253 e. The van der Waals surface area contributed by atoms with E-state index >= 15 is 0 Å². The highest BCUT2D eigenvalue weighted by Gasteiger charge is 2.26. The molecule has 128 valence electrons. The van der Waals surface area contributed by atoms with Crippen molar-refractivity contribution < 1.29 is 9.53 Å². The first kappa shape index (κ1) is 15.8. The predicted molar refractivity (Wildman–Crippen MR) is 98.9 cm³/mol. The summed E-state index contributed by atoms with van der Waals surface area (Å²) in [5.41, 5.74) is 3.91. The van der Waals surface area contributed by atoms with Crippen LogP contribution in [0.5, 0.6) is 5.75 Å². The number of amides is 1. The van der Waals surface area contributed by atoms with E-state index in [1.54, 1.807) is 0 Å². The SMILES string of the molecule is Cc1c(C(=O)NC2CC2)c2ccc(OCc3ccccc3)cc2n1C. The Hall–Kier alpha value is -2.75. The minimum atomic E-state index is 0.0311. The number of carbonyl (C=O) groups is 1. The summed E-state index contributed by atoms with van der Waals surface area (Å²) in [5, 5.41) is 4.07. The molecule has 2 aromatic carbocycles. The highest BCUT2D eigenvalue weighted by Crippen LogP contribution is 2.30. The van der Waals surface area contributed by atoms with Gasteiger partial charge in [-0.15, -0.1) is 0 Å². The fourth-order valence-electron chi connectivity index (χ4n) is 3.15. The van der Waals surface area contributed by atoms with E-state index < -0.39 is 0 Å². The van der Waals surface area contributed by atoms with Gasteiger partial charge in [0.15, 0.2) is 0 Å². The van der Waals surface area contributed by atoms with Gasteiger partial charge in [-0.05, 0) is 37.5 Å². The molecule has 25 heavy (non-hydrogen) atoms. The molecule has 4 rings (SSSR count). The number of rotatable bonds is 5. The molecule has 0 saturated heterocycles. The van der Waals surface area contributed by atoms with Crippen molar-refractivity contribution in [3.8, 4) is 5.75 Å². The number of nitrogens with one attached hydrogen (secondary N) is 1. The largest absolute Gasteiger partial charge is 0.489 e. The van der Waals surface area contributed by atoms with Crippen LogP contribution in [-0.4, -0.2) is 16.5 Å². The Morgan fingerprint density at radius 1 is 1.20 bits per heavy atom. The van der Waals surface area contributed by atoms with Crippen molar-refractivity contribution in [2.75, 3.05) is 0 Å². The van der Waals surface area contributed by atoms with Crippen LogP contribution in [0.25, 0.3) is 10.9 Å². The summed E-state index contributed by atoms with van der Waals surface area (Å²) in [4.78, 5) is 12.6. The number of aryl methyl sites for hydroxylation is 1. The van der Waals surface area contributed by atoms with E-state index in [1.807, 2.05) is 62.5 Å². The molecule has 1 saturated carbocycles. The Morgan fingerprint density at radius 2 is 1.96 bits per heavy atom. The van der Waals surface area contributed by atoms with Crippen LogP contribution in [0.2, 0.25) is 0 Å². The van der Waals surface area contributed by atoms with Crippen LogP contribution in [0.4, 0.5) is 0 Å². The van der Waals surface area contributed by atoms with Gasteiger partial charge in [0, 0.05) is 30.2 Å². The van der Waals surface area contributed by atoms with Crippen LogP contribution in [0, 0.1) is 6.92 Å². The van der Waals surface area contributed by atoms with Gasteiger partial charge >= 0.3 is 0 Å². The number of nitrogens with zero attached hydrogens (tertiary/aromatic N) is 1. The minimum absolute atomic E-state index is 0.0311. The van der Waals surface area contributed by atoms with Gasteiger partial charge < -0.3 is 14.6 Å². The number of fused-ring (bicyclic) bond motifs is 1. The maximum absolute atomic E-state index is 12.6. The van der Waals surface area contributed by atoms with E-state index in [0.29, 0.717) is 12.6 Å². The molecule has 1 aliphatic carbocycles. The summed E-state index contributed by atoms with van der Waals surface area (Å²) in [7, 11) is 1.99. The van der Waals surface area contributed by atoms with Crippen LogP contribution < -0.4 is 10.1 Å². The molecule has 1 aliphatic rings. The average Bonchev–Trinajstić information content (AvgIpc) is 3.40. The van der Waals surface area contributed by atoms with Gasteiger partial charge in [0.25, 0.3) is 5.91 Å². The Labute approximate surface area is 147 Å². The number of hydrogen-bond donors (Lipinski definition) is 1. The van der Waals surface area contributed by atoms with Gasteiger partial charge in [-0.1, -0.05) is 30.3 Å². The van der Waals surface area contributed by atoms with Crippen molar-refractivity contribution in [2.45, 2.75) is 32.4 Å². The fraction of sp³-hybridized carbons (Fsp3) is 0.286. The van der Waals surface area contributed by atoms with Gasteiger partial charge in [-0.3, -0.25) is 4.79 Å². The molecule has 4 heteroatoms. The van der Waals surface area contributed by atoms with Crippen LogP contribution in [0.15, 0.2) is 48.5 Å². The molecule has 1 N–H and O–H groups in total. The zero-order valence-corrected chi connectivity index (χ0v) is 14.6. The van der Waals surface area contributed by atoms with Crippen molar-refractivity contribution in [3.05, 3.63) is 65.4 Å². The molecule has 1 aromatic heterocycles. The number of aromatic nitrogens is 1. The third-order valence-corrected chi connectivity index (χ3v) is 4.85. The lowest BCUT2D eigenvalue weighted by atomic mass is 10.1. The van der Waals surface area contributed by atoms with Crippen molar-refractivity contribution in [2.24, 2.45) is 7.05 Å². The summed E-state index contributed by atoms with van der Waals surface area (Å²) < 4.78 is 7.99. The molecule has 0 unspecified atom stereocenters. The lowest BCUT2D eigenvalue weighted by Gasteiger charge is -2.07. The Kier molecular flexibility index (Phi) is 3.96. The first-order valence-corrected chi connectivity index (χ1v) is 8.70. The maximum Gasteiger partial charge on any atom is 0.253 e. The van der Waals surface area contributed by atoms with Crippen molar-refractivity contribution >= 4 is 16.8 Å². The van der Waals surface area contributed by atoms with Crippen LogP contribution in [-0.2, 0) is 13.7 Å². The van der Waals surface area contributed by atoms with E-state index in [4.69, 9.17) is 4.74 Å². The molecule has 0 spiro atoms. The second kappa shape index (κ2) is 6.28. The van der Waals surface area contributed by atoms with Crippen molar-refractivity contribution in [1.29, 1.82) is 0 Å². The number of benzene rings is 2. The molecular formula is C21H22N2O2. The van der Waals surface area contributed by atoms with Gasteiger partial charge in [0.05, 0.1) is 11.1 Å². The van der Waals surface area contributed by atoms with Crippen molar-refractivity contribution in [1.82, 2.24) is 9.88 Å². The third-order valence-electron chi connectivity index (χ3n) is 4.85. The van der Waals surface area contributed by atoms with E-state index in [1.165, 1.54) is 0 Å². The molecule has 0 atom stereocenters. The van der Waals surface area contributed by atoms with E-state index in [2.05, 4.69) is 9.88 Å². The zero-order chi connectivity index (χ0) is 17.4. The quantitative estimate of drug-likeness (QED) is 0.767. The molecular weight excluding hydrogens is 312 g/mol. The summed E-state index contributed by atoms with van der Waals surface area (Å²) in [6, 6.07) is 16.4. The van der Waals surface area contributed by atoms with E-state index in [0.717, 1.165) is 46.3 Å². The lowest BCUT2D eigenvalue weighted by molar-refractivity contribution is 0.0952. The number of hydrogen-bond acceptors (Lipinski definition) is 2. The van der Waals surface area contributed by atoms with Gasteiger partial charge in [-0.2, -0.15) is 0 Å². The number of carbonyl (C=O) groups excluding carboxylic acids is 1. The molecule has 0 aliphatic heterocycles. The zero-order valence-electron chi connectivity index (χ0n) is 14.6.